The van der Waals surface area contributed by atoms with Gasteiger partial charge in [0.25, 0.3) is 0 Å². The second kappa shape index (κ2) is 4.24. The number of nitrogens with zero attached hydrogens (tertiary/aromatic N) is 1. The van der Waals surface area contributed by atoms with Crippen molar-refractivity contribution in [3.8, 4) is 11.5 Å². The number of rotatable bonds is 2. The van der Waals surface area contributed by atoms with E-state index in [4.69, 9.17) is 5.11 Å². The van der Waals surface area contributed by atoms with Gasteiger partial charge in [0.15, 0.2) is 11.5 Å². The highest BCUT2D eigenvalue weighted by atomic mass is 19.4. The van der Waals surface area contributed by atoms with E-state index in [-0.39, 0.29) is 0 Å². The molecule has 0 saturated heterocycles. The molecule has 0 fully saturated rings. The number of alkyl halides is 3. The molecule has 16 heavy (non-hydrogen) atoms. The molecule has 0 heterocycles. The summed E-state index contributed by atoms with van der Waals surface area (Å²) in [5, 5.41) is 18.3. The van der Waals surface area contributed by atoms with Gasteiger partial charge in [0.05, 0.1) is 12.1 Å². The maximum Gasteiger partial charge on any atom is 0.416 e. The maximum absolute atomic E-state index is 12.5. The fourth-order valence-corrected chi connectivity index (χ4v) is 1.16. The summed E-state index contributed by atoms with van der Waals surface area (Å²) in [4.78, 5) is 12.8. The topological polar surface area (TPSA) is 69.9 Å². The molecule has 7 heteroatoms. The van der Waals surface area contributed by atoms with Crippen molar-refractivity contribution < 1.29 is 28.2 Å². The third kappa shape index (κ3) is 2.32. The number of halogens is 3. The highest BCUT2D eigenvalue weighted by Gasteiger charge is 2.35. The minimum Gasteiger partial charge on any atom is -0.504 e. The van der Waals surface area contributed by atoms with Crippen LogP contribution < -0.4 is 0 Å². The van der Waals surface area contributed by atoms with Gasteiger partial charge in [0.2, 0.25) is 6.08 Å². The highest BCUT2D eigenvalue weighted by molar-refractivity contribution is 5.50. The van der Waals surface area contributed by atoms with Crippen molar-refractivity contribution in [2.24, 2.45) is 4.99 Å². The molecule has 0 aliphatic rings. The Labute approximate surface area is 87.7 Å². The molecule has 86 valence electrons. The van der Waals surface area contributed by atoms with Crippen LogP contribution in [0.5, 0.6) is 11.5 Å². The number of isocyanates is 1. The zero-order valence-corrected chi connectivity index (χ0v) is 7.75. The summed E-state index contributed by atoms with van der Waals surface area (Å²) in [7, 11) is 0. The second-order valence-electron chi connectivity index (χ2n) is 2.86. The number of phenolic OH excluding ortho intramolecular Hbond substituents is 2. The number of hydrogen-bond donors (Lipinski definition) is 2. The van der Waals surface area contributed by atoms with Crippen molar-refractivity contribution in [3.05, 3.63) is 23.3 Å². The van der Waals surface area contributed by atoms with Gasteiger partial charge in [-0.25, -0.2) is 9.79 Å². The lowest BCUT2D eigenvalue weighted by Gasteiger charge is -2.13. The highest BCUT2D eigenvalue weighted by Crippen LogP contribution is 2.40. The Bertz CT molecular complexity index is 450. The quantitative estimate of drug-likeness (QED) is 0.466. The first-order chi connectivity index (χ1) is 7.38. The molecule has 0 spiro atoms. The first-order valence-corrected chi connectivity index (χ1v) is 4.02. The fourth-order valence-electron chi connectivity index (χ4n) is 1.16. The van der Waals surface area contributed by atoms with E-state index < -0.39 is 35.3 Å². The SMILES string of the molecule is O=C=NCc1c(C(F)(F)F)ccc(O)c1O. The lowest BCUT2D eigenvalue weighted by Crippen LogP contribution is -2.09. The normalized spacial score (nSPS) is 10.9. The van der Waals surface area contributed by atoms with Crippen LogP contribution in [0.2, 0.25) is 0 Å². The third-order valence-electron chi connectivity index (χ3n) is 1.87. The fraction of sp³-hybridized carbons (Fsp3) is 0.222. The van der Waals surface area contributed by atoms with E-state index in [0.29, 0.717) is 12.1 Å². The summed E-state index contributed by atoms with van der Waals surface area (Å²) in [6.45, 7) is -0.696. The smallest absolute Gasteiger partial charge is 0.416 e. The monoisotopic (exact) mass is 233 g/mol. The summed E-state index contributed by atoms with van der Waals surface area (Å²) >= 11 is 0. The molecule has 2 N–H and O–H groups in total. The summed E-state index contributed by atoms with van der Waals surface area (Å²) in [5.74, 6) is -1.64. The van der Waals surface area contributed by atoms with Crippen molar-refractivity contribution in [2.45, 2.75) is 12.7 Å². The molecule has 0 radical (unpaired) electrons. The molecule has 0 aromatic heterocycles. The minimum absolute atomic E-state index is 0.602. The zero-order valence-electron chi connectivity index (χ0n) is 7.75. The van der Waals surface area contributed by atoms with Crippen LogP contribution in [-0.2, 0) is 17.5 Å². The van der Waals surface area contributed by atoms with Crippen molar-refractivity contribution in [3.63, 3.8) is 0 Å². The van der Waals surface area contributed by atoms with Crippen LogP contribution in [0.3, 0.4) is 0 Å². The molecule has 4 nitrogen and oxygen atoms in total. The van der Waals surface area contributed by atoms with Crippen LogP contribution >= 0.6 is 0 Å². The molecule has 1 aromatic rings. The van der Waals surface area contributed by atoms with Crippen molar-refractivity contribution >= 4 is 6.08 Å². The molecule has 0 aliphatic heterocycles. The maximum atomic E-state index is 12.5. The van der Waals surface area contributed by atoms with Crippen LogP contribution in [0.25, 0.3) is 0 Å². The van der Waals surface area contributed by atoms with Crippen LogP contribution in [0.1, 0.15) is 11.1 Å². The first-order valence-electron chi connectivity index (χ1n) is 4.02. The van der Waals surface area contributed by atoms with Crippen molar-refractivity contribution in [2.75, 3.05) is 0 Å². The average Bonchev–Trinajstić information content (AvgIpc) is 2.18. The Hall–Kier alpha value is -2.01. The summed E-state index contributed by atoms with van der Waals surface area (Å²) < 4.78 is 37.4. The number of carbonyl (C=O) groups excluding carboxylic acids is 1. The van der Waals surface area contributed by atoms with Gasteiger partial charge in [-0.15, -0.1) is 0 Å². The van der Waals surface area contributed by atoms with E-state index in [1.54, 1.807) is 0 Å². The molecule has 1 aromatic carbocycles. The minimum atomic E-state index is -4.70. The van der Waals surface area contributed by atoms with Gasteiger partial charge in [-0.1, -0.05) is 0 Å². The number of hydrogen-bond acceptors (Lipinski definition) is 4. The lowest BCUT2D eigenvalue weighted by atomic mass is 10.1. The van der Waals surface area contributed by atoms with Crippen molar-refractivity contribution in [1.82, 2.24) is 0 Å². The van der Waals surface area contributed by atoms with Gasteiger partial charge >= 0.3 is 6.18 Å². The summed E-state index contributed by atoms with van der Waals surface area (Å²) in [6, 6.07) is 1.32. The summed E-state index contributed by atoms with van der Waals surface area (Å²) in [5.41, 5.74) is -1.81. The van der Waals surface area contributed by atoms with E-state index >= 15 is 0 Å². The molecule has 0 saturated carbocycles. The van der Waals surface area contributed by atoms with Crippen LogP contribution in [-0.4, -0.2) is 16.3 Å². The van der Waals surface area contributed by atoms with Gasteiger partial charge < -0.3 is 10.2 Å². The zero-order chi connectivity index (χ0) is 12.3. The van der Waals surface area contributed by atoms with Gasteiger partial charge in [0, 0.05) is 5.56 Å². The van der Waals surface area contributed by atoms with E-state index in [1.807, 2.05) is 0 Å². The largest absolute Gasteiger partial charge is 0.504 e. The number of aromatic hydroxyl groups is 2. The molecule has 0 amide bonds. The van der Waals surface area contributed by atoms with E-state index in [2.05, 4.69) is 4.99 Å². The van der Waals surface area contributed by atoms with E-state index in [0.717, 1.165) is 6.08 Å². The van der Waals surface area contributed by atoms with Gasteiger partial charge in [0.1, 0.15) is 0 Å². The first kappa shape index (κ1) is 12.1. The van der Waals surface area contributed by atoms with Gasteiger partial charge in [-0.05, 0) is 12.1 Å². The van der Waals surface area contributed by atoms with Crippen LogP contribution in [0, 0.1) is 0 Å². The lowest BCUT2D eigenvalue weighted by molar-refractivity contribution is -0.138. The Morgan fingerprint density at radius 3 is 2.44 bits per heavy atom. The molecular weight excluding hydrogens is 227 g/mol. The van der Waals surface area contributed by atoms with Crippen LogP contribution in [0.4, 0.5) is 13.2 Å². The molecule has 0 atom stereocenters. The van der Waals surface area contributed by atoms with Crippen LogP contribution in [0.15, 0.2) is 17.1 Å². The Kier molecular flexibility index (Phi) is 3.20. The van der Waals surface area contributed by atoms with E-state index in [9.17, 15) is 23.1 Å². The summed E-state index contributed by atoms with van der Waals surface area (Å²) in [6.07, 6.45) is -3.64. The van der Waals surface area contributed by atoms with E-state index in [1.165, 1.54) is 0 Å². The number of benzene rings is 1. The molecule has 0 aliphatic carbocycles. The number of phenols is 2. The van der Waals surface area contributed by atoms with Crippen molar-refractivity contribution in [1.29, 1.82) is 0 Å². The Balaban J connectivity index is 3.38. The number of aliphatic imine (C=N–C) groups is 1. The van der Waals surface area contributed by atoms with Gasteiger partial charge in [-0.3, -0.25) is 0 Å². The predicted octanol–water partition coefficient (Wildman–Crippen LogP) is 1.95. The molecule has 1 rings (SSSR count). The standard InChI is InChI=1S/C9H6F3NO3/c10-9(11,12)6-1-2-7(15)8(16)5(6)3-13-4-14/h1-2,15-16H,3H2. The third-order valence-corrected chi connectivity index (χ3v) is 1.87. The Morgan fingerprint density at radius 2 is 1.94 bits per heavy atom. The molecular formula is C9H6F3NO3. The predicted molar refractivity (Wildman–Crippen MR) is 46.6 cm³/mol. The van der Waals surface area contributed by atoms with Gasteiger partial charge in [-0.2, -0.15) is 13.2 Å². The Morgan fingerprint density at radius 1 is 1.31 bits per heavy atom. The second-order valence-corrected chi connectivity index (χ2v) is 2.86. The molecule has 0 unspecified atom stereocenters. The average molecular weight is 233 g/mol. The molecule has 0 bridgehead atoms.